The van der Waals surface area contributed by atoms with Gasteiger partial charge in [0.25, 0.3) is 0 Å². The van der Waals surface area contributed by atoms with E-state index < -0.39 is 0 Å². The molecule has 0 radical (unpaired) electrons. The van der Waals surface area contributed by atoms with Crippen molar-refractivity contribution >= 4 is 23.0 Å². The number of para-hydroxylation sites is 2. The van der Waals surface area contributed by atoms with Gasteiger partial charge in [-0.25, -0.2) is 0 Å². The molecular formula is C27H26N4S. The van der Waals surface area contributed by atoms with Crippen LogP contribution in [-0.2, 0) is 0 Å². The lowest BCUT2D eigenvalue weighted by molar-refractivity contribution is 0.565. The minimum atomic E-state index is -0.0465. The molecule has 4 aromatic rings. The maximum atomic E-state index is 5.85. The number of rotatable bonds is 4. The SMILES string of the molecule is Cc1ccccc1-n1c(C)cc([C@@H]2[C@@H](c3ccccn3)NC(=S)N2c2ccccc2)c1C. The number of hydrogen-bond donors (Lipinski definition) is 1. The molecule has 1 fully saturated rings. The molecule has 1 aliphatic heterocycles. The maximum Gasteiger partial charge on any atom is 0.174 e. The molecule has 32 heavy (non-hydrogen) atoms. The molecule has 5 heteroatoms. The van der Waals surface area contributed by atoms with Crippen molar-refractivity contribution in [2.75, 3.05) is 4.90 Å². The number of anilines is 1. The zero-order valence-electron chi connectivity index (χ0n) is 18.5. The minimum Gasteiger partial charge on any atom is -0.351 e. The predicted octanol–water partition coefficient (Wildman–Crippen LogP) is 5.97. The number of hydrogen-bond acceptors (Lipinski definition) is 2. The lowest BCUT2D eigenvalue weighted by atomic mass is 9.96. The Hall–Kier alpha value is -3.44. The Balaban J connectivity index is 1.70. The molecule has 0 aliphatic carbocycles. The first-order valence-electron chi connectivity index (χ1n) is 10.9. The number of nitrogens with zero attached hydrogens (tertiary/aromatic N) is 3. The van der Waals surface area contributed by atoms with E-state index in [1.54, 1.807) is 0 Å². The van der Waals surface area contributed by atoms with Crippen LogP contribution in [0, 0.1) is 20.8 Å². The van der Waals surface area contributed by atoms with Gasteiger partial charge in [-0.3, -0.25) is 4.98 Å². The second kappa shape index (κ2) is 8.24. The highest BCUT2D eigenvalue weighted by Crippen LogP contribution is 2.43. The summed E-state index contributed by atoms with van der Waals surface area (Å²) in [5, 5.41) is 4.28. The Kier molecular flexibility index (Phi) is 5.27. The minimum absolute atomic E-state index is 0.0104. The molecule has 0 spiro atoms. The summed E-state index contributed by atoms with van der Waals surface area (Å²) in [5.41, 5.74) is 8.20. The van der Waals surface area contributed by atoms with Crippen LogP contribution in [0.4, 0.5) is 5.69 Å². The third-order valence-electron chi connectivity index (χ3n) is 6.28. The summed E-state index contributed by atoms with van der Waals surface area (Å²) in [6.07, 6.45) is 1.85. The zero-order chi connectivity index (χ0) is 22.2. The summed E-state index contributed by atoms with van der Waals surface area (Å²) in [6, 6.07) is 27.2. The van der Waals surface area contributed by atoms with Gasteiger partial charge >= 0.3 is 0 Å². The third-order valence-corrected chi connectivity index (χ3v) is 6.59. The van der Waals surface area contributed by atoms with Crippen LogP contribution in [-0.4, -0.2) is 14.7 Å². The monoisotopic (exact) mass is 438 g/mol. The van der Waals surface area contributed by atoms with E-state index in [2.05, 4.69) is 101 Å². The van der Waals surface area contributed by atoms with E-state index >= 15 is 0 Å². The highest BCUT2D eigenvalue weighted by molar-refractivity contribution is 7.80. The van der Waals surface area contributed by atoms with Gasteiger partial charge in [0.05, 0.1) is 17.8 Å². The standard InChI is InChI=1S/C27H26N4S/c1-18-11-7-8-15-24(18)30-19(2)17-22(20(30)3)26-25(23-14-9-10-16-28-23)29-27(32)31(26)21-12-5-4-6-13-21/h4-17,25-26H,1-3H3,(H,29,32)/t25-,26-/m1/s1. The highest BCUT2D eigenvalue weighted by atomic mass is 32.1. The van der Waals surface area contributed by atoms with Gasteiger partial charge in [0.15, 0.2) is 5.11 Å². The van der Waals surface area contributed by atoms with Gasteiger partial charge in [0.1, 0.15) is 0 Å². The van der Waals surface area contributed by atoms with Crippen molar-refractivity contribution in [3.63, 3.8) is 0 Å². The summed E-state index contributed by atoms with van der Waals surface area (Å²) in [4.78, 5) is 6.91. The van der Waals surface area contributed by atoms with E-state index in [-0.39, 0.29) is 12.1 Å². The van der Waals surface area contributed by atoms with E-state index in [1.807, 2.05) is 24.4 Å². The molecule has 0 saturated carbocycles. The van der Waals surface area contributed by atoms with Crippen LogP contribution in [0.25, 0.3) is 5.69 Å². The van der Waals surface area contributed by atoms with Gasteiger partial charge in [-0.2, -0.15) is 0 Å². The summed E-state index contributed by atoms with van der Waals surface area (Å²) < 4.78 is 2.35. The van der Waals surface area contributed by atoms with Crippen molar-refractivity contribution in [3.05, 3.63) is 113 Å². The quantitative estimate of drug-likeness (QED) is 0.398. The first-order chi connectivity index (χ1) is 15.6. The lowest BCUT2D eigenvalue weighted by Gasteiger charge is -2.28. The largest absolute Gasteiger partial charge is 0.351 e. The van der Waals surface area contributed by atoms with E-state index in [0.717, 1.165) is 16.5 Å². The molecule has 0 amide bonds. The Bertz CT molecular complexity index is 1260. The average Bonchev–Trinajstić information content (AvgIpc) is 3.31. The highest BCUT2D eigenvalue weighted by Gasteiger charge is 2.42. The summed E-state index contributed by atoms with van der Waals surface area (Å²) in [5.74, 6) is 0. The van der Waals surface area contributed by atoms with Crippen molar-refractivity contribution in [2.24, 2.45) is 0 Å². The fourth-order valence-corrected chi connectivity index (χ4v) is 5.16. The summed E-state index contributed by atoms with van der Waals surface area (Å²) in [7, 11) is 0. The Morgan fingerprint density at radius 3 is 2.31 bits per heavy atom. The molecule has 1 saturated heterocycles. The van der Waals surface area contributed by atoms with Crippen LogP contribution in [0.5, 0.6) is 0 Å². The molecule has 4 nitrogen and oxygen atoms in total. The molecule has 2 aromatic carbocycles. The first kappa shape index (κ1) is 20.5. The van der Waals surface area contributed by atoms with E-state index in [1.165, 1.54) is 28.2 Å². The van der Waals surface area contributed by atoms with Crippen LogP contribution >= 0.6 is 12.2 Å². The average molecular weight is 439 g/mol. The number of benzene rings is 2. The maximum absolute atomic E-state index is 5.85. The second-order valence-electron chi connectivity index (χ2n) is 8.28. The van der Waals surface area contributed by atoms with Gasteiger partial charge in [0.2, 0.25) is 0 Å². The molecule has 5 rings (SSSR count). The Morgan fingerprint density at radius 2 is 1.59 bits per heavy atom. The normalized spacial score (nSPS) is 18.1. The van der Waals surface area contributed by atoms with Crippen molar-refractivity contribution < 1.29 is 0 Å². The van der Waals surface area contributed by atoms with Crippen molar-refractivity contribution in [1.82, 2.24) is 14.9 Å². The van der Waals surface area contributed by atoms with Gasteiger partial charge in [-0.15, -0.1) is 0 Å². The molecular weight excluding hydrogens is 412 g/mol. The van der Waals surface area contributed by atoms with Crippen molar-refractivity contribution in [2.45, 2.75) is 32.9 Å². The molecule has 1 N–H and O–H groups in total. The summed E-state index contributed by atoms with van der Waals surface area (Å²) >= 11 is 5.85. The molecule has 3 heterocycles. The fourth-order valence-electron chi connectivity index (χ4n) is 4.81. The molecule has 0 unspecified atom stereocenters. The number of aryl methyl sites for hydroxylation is 2. The number of nitrogens with one attached hydrogen (secondary N) is 1. The van der Waals surface area contributed by atoms with Gasteiger partial charge in [0, 0.05) is 29.0 Å². The van der Waals surface area contributed by atoms with Crippen LogP contribution in [0.1, 0.15) is 40.3 Å². The number of thiocarbonyl (C=S) groups is 1. The molecule has 160 valence electrons. The smallest absolute Gasteiger partial charge is 0.174 e. The molecule has 2 aromatic heterocycles. The predicted molar refractivity (Wildman–Crippen MR) is 134 cm³/mol. The topological polar surface area (TPSA) is 33.1 Å². The van der Waals surface area contributed by atoms with Crippen molar-refractivity contribution in [3.8, 4) is 5.69 Å². The van der Waals surface area contributed by atoms with Gasteiger partial charge in [-0.05, 0) is 80.5 Å². The van der Waals surface area contributed by atoms with Crippen molar-refractivity contribution in [1.29, 1.82) is 0 Å². The molecule has 2 atom stereocenters. The molecule has 0 bridgehead atoms. The third kappa shape index (κ3) is 3.39. The van der Waals surface area contributed by atoms with Gasteiger partial charge in [-0.1, -0.05) is 42.5 Å². The van der Waals surface area contributed by atoms with Crippen LogP contribution in [0.15, 0.2) is 85.1 Å². The summed E-state index contributed by atoms with van der Waals surface area (Å²) in [6.45, 7) is 6.54. The van der Waals surface area contributed by atoms with Crippen LogP contribution in [0.2, 0.25) is 0 Å². The van der Waals surface area contributed by atoms with Crippen LogP contribution < -0.4 is 10.2 Å². The van der Waals surface area contributed by atoms with Gasteiger partial charge < -0.3 is 14.8 Å². The Labute approximate surface area is 194 Å². The van der Waals surface area contributed by atoms with E-state index in [0.29, 0.717) is 0 Å². The number of aromatic nitrogens is 2. The van der Waals surface area contributed by atoms with Crippen LogP contribution in [0.3, 0.4) is 0 Å². The lowest BCUT2D eigenvalue weighted by Crippen LogP contribution is -2.29. The number of pyridine rings is 1. The Morgan fingerprint density at radius 1 is 0.875 bits per heavy atom. The fraction of sp³-hybridized carbons (Fsp3) is 0.185. The first-order valence-corrected chi connectivity index (χ1v) is 11.3. The molecule has 1 aliphatic rings. The van der Waals surface area contributed by atoms with E-state index in [9.17, 15) is 0 Å². The zero-order valence-corrected chi connectivity index (χ0v) is 19.3. The second-order valence-corrected chi connectivity index (χ2v) is 8.67. The van der Waals surface area contributed by atoms with E-state index in [4.69, 9.17) is 12.2 Å².